The van der Waals surface area contributed by atoms with Crippen LogP contribution in [-0.2, 0) is 6.54 Å². The molecule has 2 aromatic rings. The molecule has 2 rings (SSSR count). The largest absolute Gasteiger partial charge is 0.462 e. The molecule has 4 heteroatoms. The predicted molar refractivity (Wildman–Crippen MR) is 66.6 cm³/mol. The molecule has 1 N–H and O–H groups in total. The second-order valence-corrected chi connectivity index (χ2v) is 4.61. The van der Waals surface area contributed by atoms with Gasteiger partial charge in [-0.05, 0) is 31.5 Å². The van der Waals surface area contributed by atoms with Crippen LogP contribution in [0.2, 0.25) is 0 Å². The fraction of sp³-hybridized carbons (Fsp3) is 0.417. The maximum absolute atomic E-state index is 5.42. The molecular formula is C12H16N2OS. The molecule has 0 radical (unpaired) electrons. The number of furan rings is 1. The summed E-state index contributed by atoms with van der Waals surface area (Å²) in [4.78, 5) is 4.55. The molecule has 0 aliphatic carbocycles. The van der Waals surface area contributed by atoms with Gasteiger partial charge in [0.25, 0.3) is 0 Å². The minimum atomic E-state index is 0.837. The Hall–Kier alpha value is -1.13. The zero-order valence-corrected chi connectivity index (χ0v) is 10.4. The average Bonchev–Trinajstić information content (AvgIpc) is 2.87. The molecule has 0 aliphatic heterocycles. The summed E-state index contributed by atoms with van der Waals surface area (Å²) < 4.78 is 5.42. The molecule has 86 valence electrons. The average molecular weight is 236 g/mol. The van der Waals surface area contributed by atoms with Crippen LogP contribution in [0.5, 0.6) is 0 Å². The molecule has 0 atom stereocenters. The van der Waals surface area contributed by atoms with E-state index in [1.165, 1.54) is 0 Å². The molecular weight excluding hydrogens is 220 g/mol. The Balaban J connectivity index is 2.05. The quantitative estimate of drug-likeness (QED) is 0.810. The molecule has 16 heavy (non-hydrogen) atoms. The molecule has 0 aromatic carbocycles. The van der Waals surface area contributed by atoms with Crippen molar-refractivity contribution in [1.82, 2.24) is 10.3 Å². The Morgan fingerprint density at radius 3 is 3.06 bits per heavy atom. The van der Waals surface area contributed by atoms with Gasteiger partial charge in [-0.15, -0.1) is 11.3 Å². The lowest BCUT2D eigenvalue weighted by Gasteiger charge is -1.98. The third kappa shape index (κ3) is 2.51. The van der Waals surface area contributed by atoms with Crippen molar-refractivity contribution >= 4 is 11.3 Å². The summed E-state index contributed by atoms with van der Waals surface area (Å²) in [5, 5.41) is 6.39. The van der Waals surface area contributed by atoms with Crippen molar-refractivity contribution < 1.29 is 4.42 Å². The number of nitrogens with zero attached hydrogens (tertiary/aromatic N) is 1. The standard InChI is InChI=1S/C12H16N2OS/c1-3-5-13-7-10-8-16-12(14-10)11-9(2)4-6-15-11/h4,6,8,13H,3,5,7H2,1-2H3. The fourth-order valence-electron chi connectivity index (χ4n) is 1.48. The summed E-state index contributed by atoms with van der Waals surface area (Å²) in [5.41, 5.74) is 2.23. The summed E-state index contributed by atoms with van der Waals surface area (Å²) in [6.45, 7) is 6.07. The molecule has 0 aliphatic rings. The van der Waals surface area contributed by atoms with Crippen molar-refractivity contribution in [3.05, 3.63) is 29.0 Å². The Bertz CT molecular complexity index is 447. The third-order valence-electron chi connectivity index (χ3n) is 2.34. The number of hydrogen-bond donors (Lipinski definition) is 1. The Morgan fingerprint density at radius 1 is 1.50 bits per heavy atom. The van der Waals surface area contributed by atoms with E-state index >= 15 is 0 Å². The number of aryl methyl sites for hydroxylation is 1. The summed E-state index contributed by atoms with van der Waals surface area (Å²) >= 11 is 1.63. The van der Waals surface area contributed by atoms with Gasteiger partial charge in [-0.1, -0.05) is 6.92 Å². The van der Waals surface area contributed by atoms with Crippen LogP contribution in [0.1, 0.15) is 24.6 Å². The second-order valence-electron chi connectivity index (χ2n) is 3.75. The van der Waals surface area contributed by atoms with Crippen LogP contribution in [0.4, 0.5) is 0 Å². The third-order valence-corrected chi connectivity index (χ3v) is 3.23. The smallest absolute Gasteiger partial charge is 0.165 e. The van der Waals surface area contributed by atoms with E-state index in [0.717, 1.165) is 41.5 Å². The Kier molecular flexibility index (Phi) is 3.74. The van der Waals surface area contributed by atoms with Crippen molar-refractivity contribution in [1.29, 1.82) is 0 Å². The Labute approximate surface area is 99.5 Å². The zero-order valence-electron chi connectivity index (χ0n) is 9.62. The van der Waals surface area contributed by atoms with E-state index in [1.807, 2.05) is 13.0 Å². The van der Waals surface area contributed by atoms with Crippen LogP contribution in [-0.4, -0.2) is 11.5 Å². The van der Waals surface area contributed by atoms with Gasteiger partial charge in [-0.25, -0.2) is 4.98 Å². The zero-order chi connectivity index (χ0) is 11.4. The van der Waals surface area contributed by atoms with Gasteiger partial charge < -0.3 is 9.73 Å². The van der Waals surface area contributed by atoms with Crippen LogP contribution < -0.4 is 5.32 Å². The molecule has 0 amide bonds. The first-order chi connectivity index (χ1) is 7.81. The monoisotopic (exact) mass is 236 g/mol. The molecule has 2 aromatic heterocycles. The highest BCUT2D eigenvalue weighted by Gasteiger charge is 2.09. The summed E-state index contributed by atoms with van der Waals surface area (Å²) in [7, 11) is 0. The number of aromatic nitrogens is 1. The molecule has 0 bridgehead atoms. The van der Waals surface area contributed by atoms with E-state index in [4.69, 9.17) is 4.42 Å². The highest BCUT2D eigenvalue weighted by Crippen LogP contribution is 2.27. The topological polar surface area (TPSA) is 38.1 Å². The summed E-state index contributed by atoms with van der Waals surface area (Å²) in [6.07, 6.45) is 2.86. The molecule has 0 unspecified atom stereocenters. The van der Waals surface area contributed by atoms with Crippen LogP contribution in [0.3, 0.4) is 0 Å². The van der Waals surface area contributed by atoms with Gasteiger partial charge in [0.15, 0.2) is 10.8 Å². The van der Waals surface area contributed by atoms with Crippen molar-refractivity contribution in [3.8, 4) is 10.8 Å². The maximum atomic E-state index is 5.42. The SMILES string of the molecule is CCCNCc1csc(-c2occc2C)n1. The molecule has 3 nitrogen and oxygen atoms in total. The van der Waals surface area contributed by atoms with E-state index in [0.29, 0.717) is 0 Å². The minimum Gasteiger partial charge on any atom is -0.462 e. The second kappa shape index (κ2) is 5.27. The van der Waals surface area contributed by atoms with E-state index in [1.54, 1.807) is 17.6 Å². The molecule has 0 spiro atoms. The van der Waals surface area contributed by atoms with Crippen molar-refractivity contribution in [2.75, 3.05) is 6.54 Å². The lowest BCUT2D eigenvalue weighted by atomic mass is 10.3. The predicted octanol–water partition coefficient (Wildman–Crippen LogP) is 3.21. The highest BCUT2D eigenvalue weighted by atomic mass is 32.1. The molecule has 0 fully saturated rings. The first kappa shape index (κ1) is 11.4. The normalized spacial score (nSPS) is 10.9. The van der Waals surface area contributed by atoms with Crippen molar-refractivity contribution in [2.24, 2.45) is 0 Å². The minimum absolute atomic E-state index is 0.837. The molecule has 0 saturated heterocycles. The number of hydrogen-bond acceptors (Lipinski definition) is 4. The van der Waals surface area contributed by atoms with Gasteiger partial charge in [-0.2, -0.15) is 0 Å². The van der Waals surface area contributed by atoms with Crippen LogP contribution in [0.15, 0.2) is 22.1 Å². The van der Waals surface area contributed by atoms with Gasteiger partial charge in [0.1, 0.15) is 0 Å². The van der Waals surface area contributed by atoms with Crippen LogP contribution in [0, 0.1) is 6.92 Å². The number of rotatable bonds is 5. The molecule has 2 heterocycles. The van der Waals surface area contributed by atoms with Crippen LogP contribution in [0.25, 0.3) is 10.8 Å². The van der Waals surface area contributed by atoms with Gasteiger partial charge in [0.05, 0.1) is 12.0 Å². The summed E-state index contributed by atoms with van der Waals surface area (Å²) in [6, 6.07) is 1.96. The highest BCUT2D eigenvalue weighted by molar-refractivity contribution is 7.13. The van der Waals surface area contributed by atoms with E-state index < -0.39 is 0 Å². The van der Waals surface area contributed by atoms with Crippen molar-refractivity contribution in [2.45, 2.75) is 26.8 Å². The van der Waals surface area contributed by atoms with Gasteiger partial charge in [-0.3, -0.25) is 0 Å². The van der Waals surface area contributed by atoms with Gasteiger partial charge >= 0.3 is 0 Å². The summed E-state index contributed by atoms with van der Waals surface area (Å²) in [5.74, 6) is 0.895. The fourth-order valence-corrected chi connectivity index (χ4v) is 2.35. The van der Waals surface area contributed by atoms with E-state index in [-0.39, 0.29) is 0 Å². The Morgan fingerprint density at radius 2 is 2.38 bits per heavy atom. The van der Waals surface area contributed by atoms with Crippen LogP contribution >= 0.6 is 11.3 Å². The maximum Gasteiger partial charge on any atom is 0.165 e. The first-order valence-electron chi connectivity index (χ1n) is 5.51. The van der Waals surface area contributed by atoms with Gasteiger partial charge in [0, 0.05) is 11.9 Å². The lowest BCUT2D eigenvalue weighted by Crippen LogP contribution is -2.13. The van der Waals surface area contributed by atoms with E-state index in [9.17, 15) is 0 Å². The number of thiazole rings is 1. The first-order valence-corrected chi connectivity index (χ1v) is 6.38. The van der Waals surface area contributed by atoms with Gasteiger partial charge in [0.2, 0.25) is 0 Å². The van der Waals surface area contributed by atoms with Crippen molar-refractivity contribution in [3.63, 3.8) is 0 Å². The van der Waals surface area contributed by atoms with E-state index in [2.05, 4.69) is 22.6 Å². The number of nitrogens with one attached hydrogen (secondary N) is 1. The molecule has 0 saturated carbocycles. The lowest BCUT2D eigenvalue weighted by molar-refractivity contribution is 0.579.